The minimum Gasteiger partial charge on any atom is -0.495 e. The molecule has 1 unspecified atom stereocenters. The number of sulfone groups is 1. The van der Waals surface area contributed by atoms with Crippen molar-refractivity contribution in [1.82, 2.24) is 0 Å². The molecule has 4 rings (SSSR count). The first kappa shape index (κ1) is 17.8. The van der Waals surface area contributed by atoms with Crippen LogP contribution in [0.1, 0.15) is 12.8 Å². The highest BCUT2D eigenvalue weighted by Crippen LogP contribution is 2.43. The molecule has 3 fully saturated rings. The summed E-state index contributed by atoms with van der Waals surface area (Å²) in [5.74, 6) is 0.472. The Labute approximate surface area is 156 Å². The molecule has 0 aromatic heterocycles. The zero-order chi connectivity index (χ0) is 18.3. The highest BCUT2D eigenvalue weighted by Gasteiger charge is 2.50. The Morgan fingerprint density at radius 2 is 2.15 bits per heavy atom. The maximum Gasteiger partial charge on any atom is 0.277 e. The summed E-state index contributed by atoms with van der Waals surface area (Å²) in [6.07, 6.45) is 1.04. The fraction of sp³-hybridized carbons (Fsp3) is 0.529. The van der Waals surface area contributed by atoms with E-state index in [1.54, 1.807) is 7.11 Å². The molecular weight excluding hydrogens is 376 g/mol. The van der Waals surface area contributed by atoms with E-state index in [1.807, 2.05) is 29.2 Å². The Hall–Kier alpha value is -1.58. The van der Waals surface area contributed by atoms with Crippen molar-refractivity contribution in [2.24, 2.45) is 4.99 Å². The number of benzene rings is 1. The molecule has 3 saturated heterocycles. The first-order valence-corrected chi connectivity index (χ1v) is 11.2. The molecule has 3 aliphatic heterocycles. The quantitative estimate of drug-likeness (QED) is 0.765. The van der Waals surface area contributed by atoms with Gasteiger partial charge < -0.3 is 14.4 Å². The van der Waals surface area contributed by atoms with Gasteiger partial charge in [0.15, 0.2) is 15.0 Å². The number of aliphatic imine (C=N–C) groups is 1. The van der Waals surface area contributed by atoms with Gasteiger partial charge >= 0.3 is 0 Å². The van der Waals surface area contributed by atoms with E-state index in [0.717, 1.165) is 12.1 Å². The Morgan fingerprint density at radius 1 is 1.35 bits per heavy atom. The van der Waals surface area contributed by atoms with Gasteiger partial charge in [0.25, 0.3) is 5.91 Å². The number of anilines is 1. The molecule has 3 atom stereocenters. The van der Waals surface area contributed by atoms with Crippen LogP contribution in [0.4, 0.5) is 5.69 Å². The largest absolute Gasteiger partial charge is 0.495 e. The molecule has 1 aromatic carbocycles. The summed E-state index contributed by atoms with van der Waals surface area (Å²) < 4.78 is 35.1. The summed E-state index contributed by atoms with van der Waals surface area (Å²) in [6.45, 7) is 0.577. The highest BCUT2D eigenvalue weighted by molar-refractivity contribution is 8.16. The zero-order valence-electron chi connectivity index (χ0n) is 14.3. The van der Waals surface area contributed by atoms with Gasteiger partial charge in [-0.25, -0.2) is 8.42 Å². The molecule has 7 nitrogen and oxygen atoms in total. The maximum atomic E-state index is 12.5. The van der Waals surface area contributed by atoms with Gasteiger partial charge in [-0.3, -0.25) is 4.79 Å². The van der Waals surface area contributed by atoms with E-state index in [9.17, 15) is 13.2 Å². The van der Waals surface area contributed by atoms with Crippen molar-refractivity contribution >= 4 is 38.4 Å². The van der Waals surface area contributed by atoms with E-state index in [-0.39, 0.29) is 28.7 Å². The predicted molar refractivity (Wildman–Crippen MR) is 101 cm³/mol. The van der Waals surface area contributed by atoms with Gasteiger partial charge in [0, 0.05) is 11.9 Å². The summed E-state index contributed by atoms with van der Waals surface area (Å²) in [6, 6.07) is 7.13. The minimum absolute atomic E-state index is 0.0514. The number of amidine groups is 1. The van der Waals surface area contributed by atoms with E-state index < -0.39 is 15.9 Å². The monoisotopic (exact) mass is 396 g/mol. The molecular formula is C17H20N2O5S2. The Balaban J connectivity index is 1.72. The third-order valence-corrected chi connectivity index (χ3v) is 8.03. The van der Waals surface area contributed by atoms with Gasteiger partial charge in [-0.2, -0.15) is 4.99 Å². The van der Waals surface area contributed by atoms with Gasteiger partial charge in [0.2, 0.25) is 0 Å². The van der Waals surface area contributed by atoms with Crippen LogP contribution in [0.5, 0.6) is 5.75 Å². The summed E-state index contributed by atoms with van der Waals surface area (Å²) in [5.41, 5.74) is 0.728. The lowest BCUT2D eigenvalue weighted by molar-refractivity contribution is -0.126. The highest BCUT2D eigenvalue weighted by atomic mass is 32.2. The van der Waals surface area contributed by atoms with E-state index >= 15 is 0 Å². The van der Waals surface area contributed by atoms with Crippen molar-refractivity contribution in [3.05, 3.63) is 24.3 Å². The lowest BCUT2D eigenvalue weighted by Gasteiger charge is -2.26. The Morgan fingerprint density at radius 3 is 2.88 bits per heavy atom. The van der Waals surface area contributed by atoms with Crippen LogP contribution in [0.2, 0.25) is 0 Å². The average molecular weight is 396 g/mol. The number of rotatable bonds is 3. The summed E-state index contributed by atoms with van der Waals surface area (Å²) in [4.78, 5) is 18.6. The van der Waals surface area contributed by atoms with Gasteiger partial charge in [0.05, 0.1) is 30.3 Å². The number of carbonyl (C=O) groups is 1. The fourth-order valence-electron chi connectivity index (χ4n) is 3.61. The molecule has 9 heteroatoms. The number of ether oxygens (including phenoxy) is 2. The van der Waals surface area contributed by atoms with Gasteiger partial charge in [0.1, 0.15) is 11.9 Å². The van der Waals surface area contributed by atoms with Crippen LogP contribution in [0.25, 0.3) is 0 Å². The standard InChI is InChI=1S/C17H20N2O5S2/c1-23-13-6-3-2-5-11(13)19-12-9-26(21,22)10-15(12)25-17(19)18-16(20)14-7-4-8-24-14/h2-3,5-6,12,14-15H,4,7-10H2,1H3/t12-,14?,15+/m0/s1. The molecule has 0 spiro atoms. The average Bonchev–Trinajstić information content (AvgIpc) is 3.29. The van der Waals surface area contributed by atoms with E-state index in [0.29, 0.717) is 23.9 Å². The van der Waals surface area contributed by atoms with Crippen molar-refractivity contribution in [3.8, 4) is 5.75 Å². The zero-order valence-corrected chi connectivity index (χ0v) is 16.0. The Kier molecular flexibility index (Phi) is 4.70. The number of thioether (sulfide) groups is 1. The minimum atomic E-state index is -3.10. The van der Waals surface area contributed by atoms with Crippen molar-refractivity contribution in [3.63, 3.8) is 0 Å². The lowest BCUT2D eigenvalue weighted by atomic mass is 10.2. The molecule has 0 bridgehead atoms. The number of fused-ring (bicyclic) bond motifs is 1. The molecule has 140 valence electrons. The number of amides is 1. The first-order chi connectivity index (χ1) is 12.5. The van der Waals surface area contributed by atoms with E-state index in [1.165, 1.54) is 11.8 Å². The third kappa shape index (κ3) is 3.23. The van der Waals surface area contributed by atoms with Crippen LogP contribution in [0, 0.1) is 0 Å². The summed E-state index contributed by atoms with van der Waals surface area (Å²) >= 11 is 1.36. The van der Waals surface area contributed by atoms with Crippen molar-refractivity contribution in [1.29, 1.82) is 0 Å². The number of hydrogen-bond donors (Lipinski definition) is 0. The van der Waals surface area contributed by atoms with E-state index in [2.05, 4.69) is 4.99 Å². The second-order valence-electron chi connectivity index (χ2n) is 6.58. The topological polar surface area (TPSA) is 85.3 Å². The van der Waals surface area contributed by atoms with Crippen molar-refractivity contribution in [2.45, 2.75) is 30.2 Å². The third-order valence-electron chi connectivity index (χ3n) is 4.82. The molecule has 1 amide bonds. The summed E-state index contributed by atoms with van der Waals surface area (Å²) in [5, 5.41) is 0.390. The first-order valence-electron chi connectivity index (χ1n) is 8.52. The molecule has 0 radical (unpaired) electrons. The second-order valence-corrected chi connectivity index (χ2v) is 9.94. The number of carbonyl (C=O) groups excluding carboxylic acids is 1. The van der Waals surface area contributed by atoms with Crippen molar-refractivity contribution < 1.29 is 22.7 Å². The van der Waals surface area contributed by atoms with Gasteiger partial charge in [-0.05, 0) is 25.0 Å². The van der Waals surface area contributed by atoms with Gasteiger partial charge in [-0.15, -0.1) is 0 Å². The summed E-state index contributed by atoms with van der Waals surface area (Å²) in [7, 11) is -1.53. The maximum absolute atomic E-state index is 12.5. The number of para-hydroxylation sites is 2. The van der Waals surface area contributed by atoms with Gasteiger partial charge in [-0.1, -0.05) is 23.9 Å². The molecule has 26 heavy (non-hydrogen) atoms. The molecule has 3 aliphatic rings. The number of nitrogens with zero attached hydrogens (tertiary/aromatic N) is 2. The SMILES string of the molecule is COc1ccccc1N1C(=NC(=O)C2CCCO2)S[C@@H]2CS(=O)(=O)C[C@@H]21. The molecule has 3 heterocycles. The fourth-order valence-corrected chi connectivity index (χ4v) is 7.53. The molecule has 0 saturated carbocycles. The van der Waals surface area contributed by atoms with E-state index in [4.69, 9.17) is 9.47 Å². The predicted octanol–water partition coefficient (Wildman–Crippen LogP) is 1.48. The smallest absolute Gasteiger partial charge is 0.277 e. The van der Waals surface area contributed by atoms with Crippen molar-refractivity contribution in [2.75, 3.05) is 30.1 Å². The van der Waals surface area contributed by atoms with Crippen LogP contribution < -0.4 is 9.64 Å². The van der Waals surface area contributed by atoms with Crippen LogP contribution in [-0.2, 0) is 19.4 Å². The Bertz CT molecular complexity index is 848. The normalized spacial score (nSPS) is 31.3. The van der Waals surface area contributed by atoms with Crippen LogP contribution >= 0.6 is 11.8 Å². The number of hydrogen-bond acceptors (Lipinski definition) is 6. The molecule has 1 aromatic rings. The second kappa shape index (κ2) is 6.86. The van der Waals surface area contributed by atoms with Crippen LogP contribution in [0.15, 0.2) is 29.3 Å². The molecule has 0 aliphatic carbocycles. The molecule has 0 N–H and O–H groups in total. The number of methoxy groups -OCH3 is 1. The van der Waals surface area contributed by atoms with Crippen LogP contribution in [-0.4, -0.2) is 62.1 Å². The van der Waals surface area contributed by atoms with Crippen LogP contribution in [0.3, 0.4) is 0 Å². The lowest BCUT2D eigenvalue weighted by Crippen LogP contribution is -2.38.